The van der Waals surface area contributed by atoms with Gasteiger partial charge in [-0.2, -0.15) is 9.97 Å². The van der Waals surface area contributed by atoms with Crippen LogP contribution in [0.1, 0.15) is 49.9 Å². The van der Waals surface area contributed by atoms with Crippen LogP contribution in [0.2, 0.25) is 0 Å². The van der Waals surface area contributed by atoms with Crippen LogP contribution in [0, 0.1) is 0 Å². The van der Waals surface area contributed by atoms with Gasteiger partial charge in [0.1, 0.15) is 0 Å². The average molecular weight is 807 g/mol. The third-order valence-electron chi connectivity index (χ3n) is 14.2. The molecule has 11 aromatic rings. The Bertz CT molecular complexity index is 3670. The first-order chi connectivity index (χ1) is 30.7. The summed E-state index contributed by atoms with van der Waals surface area (Å²) in [6.07, 6.45) is 0. The summed E-state index contributed by atoms with van der Waals surface area (Å²) in [4.78, 5) is 18.4. The van der Waals surface area contributed by atoms with Crippen molar-refractivity contribution in [3.8, 4) is 33.9 Å². The molecule has 1 aliphatic heterocycles. The zero-order valence-corrected chi connectivity index (χ0v) is 35.6. The van der Waals surface area contributed by atoms with Crippen LogP contribution in [0.15, 0.2) is 182 Å². The number of rotatable bonds is 3. The van der Waals surface area contributed by atoms with E-state index in [-0.39, 0.29) is 10.8 Å². The minimum atomic E-state index is -0.320. The second-order valence-corrected chi connectivity index (χ2v) is 18.5. The second-order valence-electron chi connectivity index (χ2n) is 18.5. The summed E-state index contributed by atoms with van der Waals surface area (Å²) in [5.74, 6) is 1.87. The highest BCUT2D eigenvalue weighted by atomic mass is 15.3. The van der Waals surface area contributed by atoms with Crippen LogP contribution < -0.4 is 4.90 Å². The van der Waals surface area contributed by atoms with Crippen molar-refractivity contribution in [1.29, 1.82) is 0 Å². The molecular weight excluding hydrogens is 765 g/mol. The van der Waals surface area contributed by atoms with Gasteiger partial charge in [-0.05, 0) is 130 Å². The van der Waals surface area contributed by atoms with E-state index in [2.05, 4.69) is 215 Å². The summed E-state index contributed by atoms with van der Waals surface area (Å²) in [7, 11) is 0. The number of fused-ring (bicyclic) bond motifs is 13. The van der Waals surface area contributed by atoms with Gasteiger partial charge in [-0.1, -0.05) is 167 Å². The molecule has 0 amide bonds. The average Bonchev–Trinajstić information content (AvgIpc) is 3.54. The van der Waals surface area contributed by atoms with Crippen molar-refractivity contribution in [2.75, 3.05) is 4.90 Å². The van der Waals surface area contributed by atoms with Crippen molar-refractivity contribution in [1.82, 2.24) is 15.0 Å². The normalized spacial score (nSPS) is 14.6. The number of benzene rings is 10. The Labute approximate surface area is 366 Å². The molecule has 0 saturated heterocycles. The number of hydrogen-bond acceptors (Lipinski definition) is 4. The zero-order chi connectivity index (χ0) is 42.2. The number of aromatic nitrogens is 3. The highest BCUT2D eigenvalue weighted by Gasteiger charge is 2.43. The minimum absolute atomic E-state index is 0.279. The smallest absolute Gasteiger partial charge is 0.238 e. The van der Waals surface area contributed by atoms with Gasteiger partial charge in [-0.15, -0.1) is 0 Å². The second kappa shape index (κ2) is 12.9. The van der Waals surface area contributed by atoms with Crippen molar-refractivity contribution in [2.24, 2.45) is 0 Å². The molecule has 0 spiro atoms. The Hall–Kier alpha value is -7.69. The monoisotopic (exact) mass is 806 g/mol. The molecule has 1 aromatic heterocycles. The van der Waals surface area contributed by atoms with Crippen molar-refractivity contribution >= 4 is 71.2 Å². The Balaban J connectivity index is 1.07. The van der Waals surface area contributed by atoms with Crippen LogP contribution in [-0.4, -0.2) is 15.0 Å². The van der Waals surface area contributed by atoms with E-state index < -0.39 is 0 Å². The topological polar surface area (TPSA) is 41.9 Å². The molecule has 63 heavy (non-hydrogen) atoms. The van der Waals surface area contributed by atoms with Gasteiger partial charge in [-0.25, -0.2) is 4.98 Å². The van der Waals surface area contributed by atoms with E-state index in [0.29, 0.717) is 17.6 Å². The largest absolute Gasteiger partial charge is 0.278 e. The molecule has 4 heteroatoms. The molecule has 13 rings (SSSR count). The summed E-state index contributed by atoms with van der Waals surface area (Å²) in [5.41, 5.74) is 11.2. The lowest BCUT2D eigenvalue weighted by molar-refractivity contribution is 0.626. The molecule has 298 valence electrons. The quantitative estimate of drug-likeness (QED) is 0.167. The molecule has 0 radical (unpaired) electrons. The fourth-order valence-electron chi connectivity index (χ4n) is 10.9. The molecule has 0 unspecified atom stereocenters. The maximum absolute atomic E-state index is 5.44. The molecule has 0 bridgehead atoms. The van der Waals surface area contributed by atoms with Crippen molar-refractivity contribution in [3.05, 3.63) is 204 Å². The number of para-hydroxylation sites is 1. The van der Waals surface area contributed by atoms with Gasteiger partial charge in [0.25, 0.3) is 0 Å². The number of hydrogen-bond donors (Lipinski definition) is 0. The molecule has 1 aliphatic carbocycles. The van der Waals surface area contributed by atoms with Gasteiger partial charge >= 0.3 is 0 Å². The van der Waals surface area contributed by atoms with Gasteiger partial charge in [-0.3, -0.25) is 4.90 Å². The molecule has 2 aliphatic rings. The van der Waals surface area contributed by atoms with Gasteiger partial charge in [0, 0.05) is 22.0 Å². The number of nitrogens with zero attached hydrogens (tertiary/aromatic N) is 4. The van der Waals surface area contributed by atoms with Gasteiger partial charge in [0.15, 0.2) is 11.6 Å². The molecule has 2 heterocycles. The predicted molar refractivity (Wildman–Crippen MR) is 263 cm³/mol. The Kier molecular flexibility index (Phi) is 7.38. The highest BCUT2D eigenvalue weighted by molar-refractivity contribution is 6.26. The lowest BCUT2D eigenvalue weighted by Crippen LogP contribution is -2.32. The summed E-state index contributed by atoms with van der Waals surface area (Å²) in [6, 6.07) is 66.4. The lowest BCUT2D eigenvalue weighted by Gasteiger charge is -2.41. The van der Waals surface area contributed by atoms with Crippen LogP contribution in [0.25, 0.3) is 87.8 Å². The SMILES string of the molecule is CC1(C)c2cc3c(cc2-c2cc4c5ccccc5c5ccccc5c4cc21)C(C)(C)c1ccccc1N3c1nc(-c2ccc3ccccc3c2)nc(-c2ccc3ccccc3c2)n1. The lowest BCUT2D eigenvalue weighted by atomic mass is 9.72. The van der Waals surface area contributed by atoms with Crippen molar-refractivity contribution in [2.45, 2.75) is 38.5 Å². The molecule has 0 N–H and O–H groups in total. The fourth-order valence-corrected chi connectivity index (χ4v) is 10.9. The number of anilines is 3. The molecule has 0 atom stereocenters. The van der Waals surface area contributed by atoms with E-state index in [0.717, 1.165) is 33.3 Å². The maximum Gasteiger partial charge on any atom is 0.238 e. The first kappa shape index (κ1) is 36.0. The molecule has 4 nitrogen and oxygen atoms in total. The van der Waals surface area contributed by atoms with Crippen molar-refractivity contribution < 1.29 is 0 Å². The van der Waals surface area contributed by atoms with Gasteiger partial charge < -0.3 is 0 Å². The van der Waals surface area contributed by atoms with E-state index in [1.165, 1.54) is 76.5 Å². The van der Waals surface area contributed by atoms with Crippen LogP contribution in [0.4, 0.5) is 17.3 Å². The van der Waals surface area contributed by atoms with Crippen LogP contribution >= 0.6 is 0 Å². The van der Waals surface area contributed by atoms with Crippen molar-refractivity contribution in [3.63, 3.8) is 0 Å². The predicted octanol–water partition coefficient (Wildman–Crippen LogP) is 15.4. The van der Waals surface area contributed by atoms with E-state index in [1.807, 2.05) is 0 Å². The summed E-state index contributed by atoms with van der Waals surface area (Å²) in [5, 5.41) is 12.4. The van der Waals surface area contributed by atoms with Crippen LogP contribution in [0.3, 0.4) is 0 Å². The molecular formula is C59H42N4. The van der Waals surface area contributed by atoms with E-state index in [9.17, 15) is 0 Å². The first-order valence-electron chi connectivity index (χ1n) is 21.9. The van der Waals surface area contributed by atoms with E-state index >= 15 is 0 Å². The van der Waals surface area contributed by atoms with E-state index in [4.69, 9.17) is 15.0 Å². The van der Waals surface area contributed by atoms with Crippen LogP contribution in [-0.2, 0) is 10.8 Å². The molecule has 0 saturated carbocycles. The third kappa shape index (κ3) is 5.18. The minimum Gasteiger partial charge on any atom is -0.278 e. The Morgan fingerprint density at radius 2 is 0.794 bits per heavy atom. The van der Waals surface area contributed by atoms with Gasteiger partial charge in [0.2, 0.25) is 5.95 Å². The maximum atomic E-state index is 5.44. The van der Waals surface area contributed by atoms with Gasteiger partial charge in [0.05, 0.1) is 11.4 Å². The Morgan fingerprint density at radius 1 is 0.333 bits per heavy atom. The molecule has 10 aromatic carbocycles. The zero-order valence-electron chi connectivity index (χ0n) is 35.6. The Morgan fingerprint density at radius 3 is 1.40 bits per heavy atom. The summed E-state index contributed by atoms with van der Waals surface area (Å²) < 4.78 is 0. The molecule has 0 fully saturated rings. The summed E-state index contributed by atoms with van der Waals surface area (Å²) in [6.45, 7) is 9.52. The standard InChI is InChI=1S/C59H42N4/c1-58(2)49-23-13-14-24-53(49)63(57-61-55(39-27-25-35-15-5-7-17-37(35)29-39)60-56(62-57)40-28-26-36-16-6-8-18-38(36)30-40)54-34-51-48(33-52(54)58)47-31-45-43-21-11-9-19-41(43)42-20-10-12-22-44(42)46(45)32-50(47)59(51,3)4/h5-34H,1-4H3. The summed E-state index contributed by atoms with van der Waals surface area (Å²) >= 11 is 0. The highest BCUT2D eigenvalue weighted by Crippen LogP contribution is 2.58. The van der Waals surface area contributed by atoms with E-state index in [1.54, 1.807) is 0 Å². The fraction of sp³-hybridized carbons (Fsp3) is 0.102. The third-order valence-corrected chi connectivity index (χ3v) is 14.2. The first-order valence-corrected chi connectivity index (χ1v) is 21.9. The van der Waals surface area contributed by atoms with Crippen LogP contribution in [0.5, 0.6) is 0 Å².